The van der Waals surface area contributed by atoms with Gasteiger partial charge in [-0.2, -0.15) is 0 Å². The maximum atomic E-state index is 11.8. The quantitative estimate of drug-likeness (QED) is 0.674. The number of hydrogen-bond donors (Lipinski definition) is 1. The minimum Gasteiger partial charge on any atom is -0.465 e. The molecule has 0 unspecified atom stereocenters. The molecular formula is C14H15BrN2O2S. The summed E-state index contributed by atoms with van der Waals surface area (Å²) in [7, 11) is 3.30. The molecule has 2 N–H and O–H groups in total. The normalized spacial score (nSPS) is 10.3. The molecule has 0 amide bonds. The van der Waals surface area contributed by atoms with E-state index in [-0.39, 0.29) is 5.97 Å². The van der Waals surface area contributed by atoms with Crippen LogP contribution in [0.3, 0.4) is 0 Å². The molecule has 1 heterocycles. The molecule has 106 valence electrons. The van der Waals surface area contributed by atoms with E-state index >= 15 is 0 Å². The van der Waals surface area contributed by atoms with Crippen LogP contribution >= 0.6 is 27.3 Å². The molecule has 1 aromatic heterocycles. The van der Waals surface area contributed by atoms with Crippen molar-refractivity contribution in [1.29, 1.82) is 0 Å². The molecule has 0 saturated heterocycles. The van der Waals surface area contributed by atoms with Crippen LogP contribution in [-0.4, -0.2) is 20.1 Å². The van der Waals surface area contributed by atoms with Gasteiger partial charge in [-0.25, -0.2) is 4.79 Å². The average Bonchev–Trinajstić information content (AvgIpc) is 2.82. The van der Waals surface area contributed by atoms with Gasteiger partial charge < -0.3 is 15.4 Å². The fraction of sp³-hybridized carbons (Fsp3) is 0.214. The molecule has 0 atom stereocenters. The summed E-state index contributed by atoms with van der Waals surface area (Å²) in [4.78, 5) is 13.8. The third kappa shape index (κ3) is 3.32. The molecule has 0 aliphatic heterocycles. The van der Waals surface area contributed by atoms with Crippen LogP contribution in [0.2, 0.25) is 0 Å². The summed E-state index contributed by atoms with van der Waals surface area (Å²) in [6, 6.07) is 7.32. The van der Waals surface area contributed by atoms with E-state index in [1.165, 1.54) is 12.7 Å². The van der Waals surface area contributed by atoms with Crippen molar-refractivity contribution in [2.24, 2.45) is 0 Å². The third-order valence-electron chi connectivity index (χ3n) is 2.88. The number of rotatable bonds is 4. The average molecular weight is 355 g/mol. The van der Waals surface area contributed by atoms with Gasteiger partial charge in [-0.1, -0.05) is 0 Å². The number of halogens is 1. The molecule has 0 radical (unpaired) electrons. The molecule has 20 heavy (non-hydrogen) atoms. The van der Waals surface area contributed by atoms with Gasteiger partial charge in [0.2, 0.25) is 0 Å². The summed E-state index contributed by atoms with van der Waals surface area (Å²) in [6.07, 6.45) is 0. The number of esters is 1. The molecule has 2 rings (SSSR count). The Hall–Kier alpha value is -1.53. The molecular weight excluding hydrogens is 340 g/mol. The van der Waals surface area contributed by atoms with Gasteiger partial charge in [-0.05, 0) is 51.1 Å². The Bertz CT molecular complexity index is 627. The number of benzene rings is 1. The lowest BCUT2D eigenvalue weighted by molar-refractivity contribution is 0.0601. The zero-order valence-electron chi connectivity index (χ0n) is 11.2. The summed E-state index contributed by atoms with van der Waals surface area (Å²) in [5.74, 6) is -0.384. The Balaban J connectivity index is 2.29. The predicted octanol–water partition coefficient (Wildman–Crippen LogP) is 3.52. The second kappa shape index (κ2) is 6.28. The number of anilines is 2. The Morgan fingerprint density at radius 3 is 2.80 bits per heavy atom. The first-order valence-corrected chi connectivity index (χ1v) is 7.60. The van der Waals surface area contributed by atoms with Gasteiger partial charge in [0, 0.05) is 19.3 Å². The molecule has 4 nitrogen and oxygen atoms in total. The zero-order valence-corrected chi connectivity index (χ0v) is 13.6. The lowest BCUT2D eigenvalue weighted by Crippen LogP contribution is -2.19. The second-order valence-corrected chi connectivity index (χ2v) is 6.67. The molecule has 0 aliphatic rings. The Morgan fingerprint density at radius 2 is 2.20 bits per heavy atom. The van der Waals surface area contributed by atoms with Crippen LogP contribution in [0.5, 0.6) is 0 Å². The van der Waals surface area contributed by atoms with Crippen LogP contribution in [0.1, 0.15) is 15.9 Å². The first kappa shape index (κ1) is 14.9. The van der Waals surface area contributed by atoms with Crippen molar-refractivity contribution in [3.63, 3.8) is 0 Å². The highest BCUT2D eigenvalue weighted by atomic mass is 79.9. The molecule has 0 aliphatic carbocycles. The van der Waals surface area contributed by atoms with Gasteiger partial charge in [0.1, 0.15) is 0 Å². The molecule has 1 aromatic carbocycles. The lowest BCUT2D eigenvalue weighted by Gasteiger charge is -2.21. The summed E-state index contributed by atoms with van der Waals surface area (Å²) in [6.45, 7) is 0.704. The van der Waals surface area contributed by atoms with Gasteiger partial charge >= 0.3 is 5.97 Å². The van der Waals surface area contributed by atoms with Crippen molar-refractivity contribution in [3.8, 4) is 0 Å². The number of nitrogen functional groups attached to an aromatic ring is 1. The SMILES string of the molecule is COC(=O)c1cc(N)ccc1N(C)Cc1csc(Br)c1. The number of nitrogens with zero attached hydrogens (tertiary/aromatic N) is 1. The number of methoxy groups -OCH3 is 1. The van der Waals surface area contributed by atoms with Gasteiger partial charge in [0.25, 0.3) is 0 Å². The zero-order chi connectivity index (χ0) is 14.7. The van der Waals surface area contributed by atoms with Crippen LogP contribution in [-0.2, 0) is 11.3 Å². The highest BCUT2D eigenvalue weighted by Gasteiger charge is 2.16. The molecule has 2 aromatic rings. The van der Waals surface area contributed by atoms with Crippen LogP contribution in [0.25, 0.3) is 0 Å². The summed E-state index contributed by atoms with van der Waals surface area (Å²) in [5, 5.41) is 2.08. The Morgan fingerprint density at radius 1 is 1.45 bits per heavy atom. The molecule has 0 fully saturated rings. The third-order valence-corrected chi connectivity index (χ3v) is 4.43. The van der Waals surface area contributed by atoms with E-state index in [4.69, 9.17) is 10.5 Å². The molecule has 0 spiro atoms. The number of carbonyl (C=O) groups is 1. The van der Waals surface area contributed by atoms with Crippen molar-refractivity contribution in [3.05, 3.63) is 44.6 Å². The van der Waals surface area contributed by atoms with Gasteiger partial charge in [-0.3, -0.25) is 0 Å². The maximum Gasteiger partial charge on any atom is 0.340 e. The summed E-state index contributed by atoms with van der Waals surface area (Å²) >= 11 is 5.08. The van der Waals surface area contributed by atoms with Crippen LogP contribution in [0.15, 0.2) is 33.4 Å². The summed E-state index contributed by atoms with van der Waals surface area (Å²) in [5.41, 5.74) is 8.74. The van der Waals surface area contributed by atoms with Crippen molar-refractivity contribution >= 4 is 44.6 Å². The van der Waals surface area contributed by atoms with Crippen molar-refractivity contribution in [2.75, 3.05) is 24.8 Å². The maximum absolute atomic E-state index is 11.8. The van der Waals surface area contributed by atoms with E-state index in [2.05, 4.69) is 27.4 Å². The Labute approximate surface area is 130 Å². The topological polar surface area (TPSA) is 55.6 Å². The smallest absolute Gasteiger partial charge is 0.340 e. The molecule has 0 saturated carbocycles. The highest BCUT2D eigenvalue weighted by molar-refractivity contribution is 9.11. The lowest BCUT2D eigenvalue weighted by atomic mass is 10.1. The summed E-state index contributed by atoms with van der Waals surface area (Å²) < 4.78 is 5.90. The number of ether oxygens (including phenoxy) is 1. The number of hydrogen-bond acceptors (Lipinski definition) is 5. The minimum atomic E-state index is -0.384. The first-order valence-electron chi connectivity index (χ1n) is 5.93. The van der Waals surface area contributed by atoms with E-state index in [9.17, 15) is 4.79 Å². The van der Waals surface area contributed by atoms with Gasteiger partial charge in [-0.15, -0.1) is 11.3 Å². The Kier molecular flexibility index (Phi) is 4.67. The van der Waals surface area contributed by atoms with E-state index in [1.807, 2.05) is 18.0 Å². The number of thiophene rings is 1. The first-order chi connectivity index (χ1) is 9.51. The fourth-order valence-corrected chi connectivity index (χ4v) is 3.15. The standard InChI is InChI=1S/C14H15BrN2O2S/c1-17(7-9-5-13(15)20-8-9)12-4-3-10(16)6-11(12)14(18)19-2/h3-6,8H,7,16H2,1-2H3. The van der Waals surface area contributed by atoms with E-state index < -0.39 is 0 Å². The van der Waals surface area contributed by atoms with Gasteiger partial charge in [0.05, 0.1) is 22.1 Å². The minimum absolute atomic E-state index is 0.384. The van der Waals surface area contributed by atoms with Crippen LogP contribution < -0.4 is 10.6 Å². The largest absolute Gasteiger partial charge is 0.465 e. The number of nitrogens with two attached hydrogens (primary N) is 1. The van der Waals surface area contributed by atoms with Crippen molar-refractivity contribution in [1.82, 2.24) is 0 Å². The molecule has 0 bridgehead atoms. The molecule has 6 heteroatoms. The van der Waals surface area contributed by atoms with Gasteiger partial charge in [0.15, 0.2) is 0 Å². The van der Waals surface area contributed by atoms with Crippen LogP contribution in [0.4, 0.5) is 11.4 Å². The predicted molar refractivity (Wildman–Crippen MR) is 86.3 cm³/mol. The van der Waals surface area contributed by atoms with Crippen molar-refractivity contribution in [2.45, 2.75) is 6.54 Å². The fourth-order valence-electron chi connectivity index (χ4n) is 1.95. The highest BCUT2D eigenvalue weighted by Crippen LogP contribution is 2.27. The van der Waals surface area contributed by atoms with Crippen molar-refractivity contribution < 1.29 is 9.53 Å². The number of carbonyl (C=O) groups excluding carboxylic acids is 1. The second-order valence-electron chi connectivity index (χ2n) is 4.38. The van der Waals surface area contributed by atoms with E-state index in [0.717, 1.165) is 9.47 Å². The van der Waals surface area contributed by atoms with Crippen LogP contribution in [0, 0.1) is 0 Å². The monoisotopic (exact) mass is 354 g/mol. The van der Waals surface area contributed by atoms with E-state index in [0.29, 0.717) is 17.8 Å². The van der Waals surface area contributed by atoms with E-state index in [1.54, 1.807) is 23.5 Å².